The van der Waals surface area contributed by atoms with Gasteiger partial charge in [-0.2, -0.15) is 0 Å². The molecule has 0 aromatic rings. The molecule has 0 radical (unpaired) electrons. The lowest BCUT2D eigenvalue weighted by Crippen LogP contribution is -2.57. The van der Waals surface area contributed by atoms with Gasteiger partial charge in [0.1, 0.15) is 5.54 Å². The second-order valence-corrected chi connectivity index (χ2v) is 3.48. The Morgan fingerprint density at radius 3 is 1.81 bits per heavy atom. The number of rotatable bonds is 7. The van der Waals surface area contributed by atoms with Gasteiger partial charge in [0.05, 0.1) is 19.8 Å². The molecular formula is C9H18N2O5. The number of carbonyl (C=O) groups is 2. The molecule has 0 heterocycles. The number of nitrogens with one attached hydrogen (secondary N) is 2. The number of hydrogen-bond acceptors (Lipinski definition) is 5. The monoisotopic (exact) mass is 234 g/mol. The van der Waals surface area contributed by atoms with E-state index in [0.29, 0.717) is 0 Å². The quantitative estimate of drug-likeness (QED) is 0.329. The Bertz CT molecular complexity index is 232. The third-order valence-electron chi connectivity index (χ3n) is 2.17. The van der Waals surface area contributed by atoms with Crippen LogP contribution >= 0.6 is 0 Å². The largest absolute Gasteiger partial charge is 0.394 e. The molecule has 0 rings (SSSR count). The van der Waals surface area contributed by atoms with Crippen molar-refractivity contribution in [2.75, 3.05) is 26.9 Å². The molecule has 7 heteroatoms. The summed E-state index contributed by atoms with van der Waals surface area (Å²) in [5, 5.41) is 31.5. The van der Waals surface area contributed by atoms with Crippen LogP contribution in [0.5, 0.6) is 0 Å². The third kappa shape index (κ3) is 4.56. The average molecular weight is 234 g/mol. The van der Waals surface area contributed by atoms with E-state index in [1.54, 1.807) is 0 Å². The fourth-order valence-electron chi connectivity index (χ4n) is 0.979. The predicted molar refractivity (Wildman–Crippen MR) is 55.4 cm³/mol. The van der Waals surface area contributed by atoms with Gasteiger partial charge >= 0.3 is 0 Å². The van der Waals surface area contributed by atoms with E-state index in [1.165, 1.54) is 7.05 Å². The summed E-state index contributed by atoms with van der Waals surface area (Å²) in [4.78, 5) is 22.2. The topological polar surface area (TPSA) is 119 Å². The van der Waals surface area contributed by atoms with Crippen molar-refractivity contribution in [3.63, 3.8) is 0 Å². The fraction of sp³-hybridized carbons (Fsp3) is 0.778. The first-order valence-electron chi connectivity index (χ1n) is 4.87. The van der Waals surface area contributed by atoms with Crippen LogP contribution in [0.4, 0.5) is 0 Å². The molecule has 0 aliphatic heterocycles. The smallest absolute Gasteiger partial charge is 0.221 e. The maximum Gasteiger partial charge on any atom is 0.221 e. The lowest BCUT2D eigenvalue weighted by molar-refractivity contribution is -0.128. The van der Waals surface area contributed by atoms with Gasteiger partial charge in [0.25, 0.3) is 0 Å². The summed E-state index contributed by atoms with van der Waals surface area (Å²) in [6.07, 6.45) is -0.0535. The molecule has 0 bridgehead atoms. The second kappa shape index (κ2) is 7.15. The Labute approximate surface area is 93.5 Å². The van der Waals surface area contributed by atoms with E-state index >= 15 is 0 Å². The first-order valence-corrected chi connectivity index (χ1v) is 4.87. The van der Waals surface area contributed by atoms with E-state index in [1.807, 2.05) is 0 Å². The summed E-state index contributed by atoms with van der Waals surface area (Å²) in [5.41, 5.74) is -1.43. The molecule has 7 nitrogen and oxygen atoms in total. The Morgan fingerprint density at radius 1 is 1.00 bits per heavy atom. The summed E-state index contributed by atoms with van der Waals surface area (Å²) in [5.74, 6) is -0.793. The molecule has 0 aromatic heterocycles. The lowest BCUT2D eigenvalue weighted by atomic mass is 10.0. The summed E-state index contributed by atoms with van der Waals surface area (Å²) in [6, 6.07) is 0. The Balaban J connectivity index is 4.15. The van der Waals surface area contributed by atoms with Crippen LogP contribution in [-0.2, 0) is 9.59 Å². The maximum atomic E-state index is 11.3. The van der Waals surface area contributed by atoms with Crippen molar-refractivity contribution >= 4 is 11.8 Å². The number of aliphatic hydroxyl groups excluding tert-OH is 3. The lowest BCUT2D eigenvalue weighted by Gasteiger charge is -2.28. The number of aliphatic hydroxyl groups is 3. The van der Waals surface area contributed by atoms with Gasteiger partial charge in [-0.05, 0) is 0 Å². The van der Waals surface area contributed by atoms with Crippen molar-refractivity contribution in [1.29, 1.82) is 0 Å². The molecule has 2 amide bonds. The van der Waals surface area contributed by atoms with Crippen LogP contribution in [0.15, 0.2) is 0 Å². The predicted octanol–water partition coefficient (Wildman–Crippen LogP) is -2.66. The molecule has 0 spiro atoms. The van der Waals surface area contributed by atoms with Crippen molar-refractivity contribution in [3.05, 3.63) is 0 Å². The van der Waals surface area contributed by atoms with Gasteiger partial charge in [0, 0.05) is 19.9 Å². The van der Waals surface area contributed by atoms with Crippen LogP contribution < -0.4 is 10.6 Å². The SMILES string of the molecule is CNC(=O)CCC(=O)NC(CO)(CO)CO. The van der Waals surface area contributed by atoms with E-state index in [9.17, 15) is 9.59 Å². The molecular weight excluding hydrogens is 216 g/mol. The minimum atomic E-state index is -1.43. The third-order valence-corrected chi connectivity index (χ3v) is 2.17. The zero-order chi connectivity index (χ0) is 12.6. The Kier molecular flexibility index (Phi) is 6.63. The molecule has 94 valence electrons. The van der Waals surface area contributed by atoms with E-state index < -0.39 is 31.3 Å². The van der Waals surface area contributed by atoms with Crippen molar-refractivity contribution < 1.29 is 24.9 Å². The van der Waals surface area contributed by atoms with Gasteiger partial charge in [-0.15, -0.1) is 0 Å². The first kappa shape index (κ1) is 14.8. The van der Waals surface area contributed by atoms with E-state index in [0.717, 1.165) is 0 Å². The molecule has 0 atom stereocenters. The highest BCUT2D eigenvalue weighted by Gasteiger charge is 2.29. The van der Waals surface area contributed by atoms with Crippen molar-refractivity contribution in [2.24, 2.45) is 0 Å². The summed E-state index contributed by atoms with van der Waals surface area (Å²) < 4.78 is 0. The molecule has 0 fully saturated rings. The van der Waals surface area contributed by atoms with E-state index in [2.05, 4.69) is 10.6 Å². The minimum absolute atomic E-state index is 0.0146. The van der Waals surface area contributed by atoms with Gasteiger partial charge in [0.2, 0.25) is 11.8 Å². The molecule has 0 saturated heterocycles. The molecule has 0 aliphatic carbocycles. The maximum absolute atomic E-state index is 11.3. The van der Waals surface area contributed by atoms with Gasteiger partial charge in [-0.3, -0.25) is 9.59 Å². The van der Waals surface area contributed by atoms with Crippen molar-refractivity contribution in [3.8, 4) is 0 Å². The zero-order valence-electron chi connectivity index (χ0n) is 9.19. The summed E-state index contributed by atoms with van der Waals surface area (Å²) in [6.45, 7) is -1.73. The summed E-state index contributed by atoms with van der Waals surface area (Å²) in [7, 11) is 1.46. The van der Waals surface area contributed by atoms with Crippen LogP contribution in [0, 0.1) is 0 Å². The van der Waals surface area contributed by atoms with Gasteiger partial charge in [-0.25, -0.2) is 0 Å². The average Bonchev–Trinajstić information content (AvgIpc) is 2.33. The Hall–Kier alpha value is -1.18. The highest BCUT2D eigenvalue weighted by atomic mass is 16.3. The van der Waals surface area contributed by atoms with Crippen LogP contribution in [-0.4, -0.2) is 59.5 Å². The zero-order valence-corrected chi connectivity index (χ0v) is 9.19. The Morgan fingerprint density at radius 2 is 1.44 bits per heavy atom. The molecule has 0 aliphatic rings. The number of carbonyl (C=O) groups excluding carboxylic acids is 2. The molecule has 5 N–H and O–H groups in total. The highest BCUT2D eigenvalue weighted by Crippen LogP contribution is 2.02. The normalized spacial score (nSPS) is 11.0. The van der Waals surface area contributed by atoms with Gasteiger partial charge in [-0.1, -0.05) is 0 Å². The van der Waals surface area contributed by atoms with Crippen LogP contribution in [0.1, 0.15) is 12.8 Å². The molecule has 16 heavy (non-hydrogen) atoms. The number of hydrogen-bond donors (Lipinski definition) is 5. The van der Waals surface area contributed by atoms with Gasteiger partial charge < -0.3 is 26.0 Å². The molecule has 0 saturated carbocycles. The van der Waals surface area contributed by atoms with Crippen molar-refractivity contribution in [1.82, 2.24) is 10.6 Å². The van der Waals surface area contributed by atoms with E-state index in [-0.39, 0.29) is 18.7 Å². The van der Waals surface area contributed by atoms with Crippen LogP contribution in [0.3, 0.4) is 0 Å². The second-order valence-electron chi connectivity index (χ2n) is 3.48. The number of amides is 2. The summed E-state index contributed by atoms with van der Waals surface area (Å²) >= 11 is 0. The van der Waals surface area contributed by atoms with Crippen LogP contribution in [0.25, 0.3) is 0 Å². The standard InChI is InChI=1S/C9H18N2O5/c1-10-7(15)2-3-8(16)11-9(4-12,5-13)6-14/h12-14H,2-6H2,1H3,(H,10,15)(H,11,16). The highest BCUT2D eigenvalue weighted by molar-refractivity contribution is 5.83. The first-order chi connectivity index (χ1) is 7.53. The van der Waals surface area contributed by atoms with E-state index in [4.69, 9.17) is 15.3 Å². The van der Waals surface area contributed by atoms with Crippen LogP contribution in [0.2, 0.25) is 0 Å². The molecule has 0 unspecified atom stereocenters. The minimum Gasteiger partial charge on any atom is -0.394 e. The van der Waals surface area contributed by atoms with Gasteiger partial charge in [0.15, 0.2) is 0 Å². The fourth-order valence-corrected chi connectivity index (χ4v) is 0.979. The van der Waals surface area contributed by atoms with Crippen molar-refractivity contribution in [2.45, 2.75) is 18.4 Å². The molecule has 0 aromatic carbocycles.